The Labute approximate surface area is 103 Å². The second-order valence-electron chi connectivity index (χ2n) is 4.85. The van der Waals surface area contributed by atoms with Gasteiger partial charge in [0.2, 0.25) is 0 Å². The molecule has 3 rings (SSSR count). The molecule has 0 unspecified atom stereocenters. The van der Waals surface area contributed by atoms with Crippen molar-refractivity contribution < 1.29 is 0 Å². The van der Waals surface area contributed by atoms with Gasteiger partial charge in [-0.15, -0.1) is 0 Å². The smallest absolute Gasteiger partial charge is 0.0458 e. The number of hydrogen-bond acceptors (Lipinski definition) is 1. The Morgan fingerprint density at radius 3 is 2.59 bits per heavy atom. The van der Waals surface area contributed by atoms with Crippen LogP contribution >= 0.6 is 0 Å². The van der Waals surface area contributed by atoms with Crippen LogP contribution in [-0.2, 0) is 0 Å². The molecule has 0 bridgehead atoms. The van der Waals surface area contributed by atoms with Crippen LogP contribution in [0.1, 0.15) is 38.2 Å². The molecule has 0 aromatic heterocycles. The molecule has 0 saturated carbocycles. The van der Waals surface area contributed by atoms with Crippen molar-refractivity contribution >= 4 is 17.3 Å². The average molecular weight is 225 g/mol. The number of rotatable bonds is 1. The third kappa shape index (κ3) is 1.45. The number of hydrogen-bond donors (Lipinski definition) is 1. The highest BCUT2D eigenvalue weighted by Gasteiger charge is 2.24. The fourth-order valence-corrected chi connectivity index (χ4v) is 3.25. The number of likely N-dealkylation sites (N-methyl/N-ethyl adjacent to an activating group) is 1. The lowest BCUT2D eigenvalue weighted by Crippen LogP contribution is -2.31. The molecule has 1 N–H and O–H groups in total. The SMILES string of the molecule is C/C=c1/cccc2c1=C(NC)C1=C2CCCC1. The topological polar surface area (TPSA) is 12.0 Å². The fraction of sp³-hybridized carbons (Fsp3) is 0.375. The van der Waals surface area contributed by atoms with Crippen LogP contribution in [0, 0.1) is 0 Å². The van der Waals surface area contributed by atoms with Gasteiger partial charge in [-0.25, -0.2) is 0 Å². The first-order valence-corrected chi connectivity index (χ1v) is 6.57. The molecule has 88 valence electrons. The summed E-state index contributed by atoms with van der Waals surface area (Å²) in [6.07, 6.45) is 7.39. The minimum atomic E-state index is 1.24. The van der Waals surface area contributed by atoms with Crippen LogP contribution in [0.25, 0.3) is 17.3 Å². The number of benzene rings is 1. The van der Waals surface area contributed by atoms with Crippen molar-refractivity contribution in [1.82, 2.24) is 5.32 Å². The third-order valence-electron chi connectivity index (χ3n) is 4.00. The Hall–Kier alpha value is -1.50. The summed E-state index contributed by atoms with van der Waals surface area (Å²) in [4.78, 5) is 0. The van der Waals surface area contributed by atoms with Gasteiger partial charge in [0.05, 0.1) is 0 Å². The van der Waals surface area contributed by atoms with E-state index in [4.69, 9.17) is 0 Å². The van der Waals surface area contributed by atoms with Crippen LogP contribution in [0.4, 0.5) is 0 Å². The van der Waals surface area contributed by atoms with Gasteiger partial charge in [-0.05, 0) is 54.5 Å². The number of allylic oxidation sites excluding steroid dienone is 1. The van der Waals surface area contributed by atoms with Crippen LogP contribution in [0.3, 0.4) is 0 Å². The zero-order chi connectivity index (χ0) is 11.8. The number of nitrogens with one attached hydrogen (secondary N) is 1. The van der Waals surface area contributed by atoms with E-state index >= 15 is 0 Å². The first-order valence-electron chi connectivity index (χ1n) is 6.57. The summed E-state index contributed by atoms with van der Waals surface area (Å²) in [5.41, 5.74) is 6.02. The molecule has 0 atom stereocenters. The van der Waals surface area contributed by atoms with Gasteiger partial charge in [-0.3, -0.25) is 0 Å². The Kier molecular flexibility index (Phi) is 2.54. The lowest BCUT2D eigenvalue weighted by Gasteiger charge is -2.17. The molecule has 1 aromatic rings. The highest BCUT2D eigenvalue weighted by Crippen LogP contribution is 2.37. The zero-order valence-corrected chi connectivity index (χ0v) is 10.6. The van der Waals surface area contributed by atoms with Crippen LogP contribution in [0.15, 0.2) is 23.8 Å². The van der Waals surface area contributed by atoms with Gasteiger partial charge in [-0.2, -0.15) is 0 Å². The first kappa shape index (κ1) is 10.6. The lowest BCUT2D eigenvalue weighted by atomic mass is 9.90. The average Bonchev–Trinajstić information content (AvgIpc) is 2.72. The van der Waals surface area contributed by atoms with E-state index in [9.17, 15) is 0 Å². The molecule has 1 heteroatoms. The van der Waals surface area contributed by atoms with Gasteiger partial charge in [0.1, 0.15) is 0 Å². The van der Waals surface area contributed by atoms with Crippen molar-refractivity contribution in [2.45, 2.75) is 32.6 Å². The second-order valence-corrected chi connectivity index (χ2v) is 4.85. The molecule has 0 heterocycles. The van der Waals surface area contributed by atoms with Crippen molar-refractivity contribution in [1.29, 1.82) is 0 Å². The molecule has 1 nitrogen and oxygen atoms in total. The van der Waals surface area contributed by atoms with Crippen LogP contribution < -0.4 is 15.8 Å². The predicted molar refractivity (Wildman–Crippen MR) is 73.7 cm³/mol. The van der Waals surface area contributed by atoms with Crippen molar-refractivity contribution in [3.63, 3.8) is 0 Å². The Balaban J connectivity index is 2.39. The quantitative estimate of drug-likeness (QED) is 0.772. The molecular weight excluding hydrogens is 206 g/mol. The minimum absolute atomic E-state index is 1.24. The number of fused-ring (bicyclic) bond motifs is 2. The summed E-state index contributed by atoms with van der Waals surface area (Å²) >= 11 is 0. The van der Waals surface area contributed by atoms with E-state index in [0.29, 0.717) is 0 Å². The van der Waals surface area contributed by atoms with Gasteiger partial charge in [-0.1, -0.05) is 24.3 Å². The zero-order valence-electron chi connectivity index (χ0n) is 10.6. The van der Waals surface area contributed by atoms with E-state index in [1.54, 1.807) is 11.1 Å². The first-order chi connectivity index (χ1) is 8.36. The molecule has 0 spiro atoms. The van der Waals surface area contributed by atoms with Crippen LogP contribution in [-0.4, -0.2) is 7.05 Å². The van der Waals surface area contributed by atoms with Gasteiger partial charge in [0.25, 0.3) is 0 Å². The van der Waals surface area contributed by atoms with Gasteiger partial charge >= 0.3 is 0 Å². The largest absolute Gasteiger partial charge is 0.387 e. The molecule has 1 aromatic carbocycles. The summed E-state index contributed by atoms with van der Waals surface area (Å²) in [6.45, 7) is 2.13. The highest BCUT2D eigenvalue weighted by molar-refractivity contribution is 5.89. The maximum absolute atomic E-state index is 3.43. The van der Waals surface area contributed by atoms with Crippen molar-refractivity contribution in [3.05, 3.63) is 39.8 Å². The molecule has 0 saturated heterocycles. The Bertz CT molecular complexity index is 605. The van der Waals surface area contributed by atoms with Gasteiger partial charge < -0.3 is 5.32 Å². The van der Waals surface area contributed by atoms with Gasteiger partial charge in [0.15, 0.2) is 0 Å². The van der Waals surface area contributed by atoms with E-state index < -0.39 is 0 Å². The van der Waals surface area contributed by atoms with Crippen molar-refractivity contribution in [2.24, 2.45) is 0 Å². The summed E-state index contributed by atoms with van der Waals surface area (Å²) in [7, 11) is 2.05. The minimum Gasteiger partial charge on any atom is -0.387 e. The lowest BCUT2D eigenvalue weighted by molar-refractivity contribution is 0.725. The third-order valence-corrected chi connectivity index (χ3v) is 4.00. The molecule has 0 aliphatic heterocycles. The monoisotopic (exact) mass is 225 g/mol. The highest BCUT2D eigenvalue weighted by atomic mass is 14.8. The maximum Gasteiger partial charge on any atom is 0.0458 e. The molecule has 17 heavy (non-hydrogen) atoms. The van der Waals surface area contributed by atoms with Gasteiger partial charge in [0, 0.05) is 18.0 Å². The molecule has 0 amide bonds. The normalized spacial score (nSPS) is 19.4. The van der Waals surface area contributed by atoms with E-state index in [1.165, 1.54) is 47.4 Å². The standard InChI is InChI=1S/C16H19N/c1-3-11-7-6-10-13-12-8-4-5-9-14(12)16(17-2)15(11)13/h3,6-7,10,17H,4-5,8-9H2,1-2H3/b11-3-. The summed E-state index contributed by atoms with van der Waals surface area (Å²) in [6, 6.07) is 6.69. The van der Waals surface area contributed by atoms with Crippen LogP contribution in [0.5, 0.6) is 0 Å². The summed E-state index contributed by atoms with van der Waals surface area (Å²) in [5.74, 6) is 0. The molecule has 2 aliphatic rings. The fourth-order valence-electron chi connectivity index (χ4n) is 3.25. The van der Waals surface area contributed by atoms with E-state index in [1.807, 2.05) is 0 Å². The molecule has 2 aliphatic carbocycles. The Morgan fingerprint density at radius 1 is 1.12 bits per heavy atom. The second kappa shape index (κ2) is 4.06. The summed E-state index contributed by atoms with van der Waals surface area (Å²) in [5, 5.41) is 6.23. The van der Waals surface area contributed by atoms with E-state index in [0.717, 1.165) is 0 Å². The Morgan fingerprint density at radius 2 is 1.88 bits per heavy atom. The molecule has 0 radical (unpaired) electrons. The molecular formula is C16H19N. The maximum atomic E-state index is 3.43. The summed E-state index contributed by atoms with van der Waals surface area (Å²) < 4.78 is 0. The molecule has 0 fully saturated rings. The van der Waals surface area contributed by atoms with Crippen LogP contribution in [0.2, 0.25) is 0 Å². The van der Waals surface area contributed by atoms with Crippen molar-refractivity contribution in [2.75, 3.05) is 7.05 Å². The van der Waals surface area contributed by atoms with E-state index in [2.05, 4.69) is 43.6 Å². The van der Waals surface area contributed by atoms with E-state index in [-0.39, 0.29) is 0 Å². The van der Waals surface area contributed by atoms with Crippen molar-refractivity contribution in [3.8, 4) is 0 Å². The predicted octanol–water partition coefficient (Wildman–Crippen LogP) is 2.16.